The van der Waals surface area contributed by atoms with Crippen molar-refractivity contribution in [2.24, 2.45) is 5.73 Å². The normalized spacial score (nSPS) is 12.5. The van der Waals surface area contributed by atoms with Gasteiger partial charge in [0.2, 0.25) is 0 Å². The van der Waals surface area contributed by atoms with Crippen molar-refractivity contribution in [1.29, 1.82) is 0 Å². The third-order valence-electron chi connectivity index (χ3n) is 3.17. The Bertz CT molecular complexity index is 626. The second-order valence-corrected chi connectivity index (χ2v) is 5.66. The van der Waals surface area contributed by atoms with Crippen LogP contribution in [-0.4, -0.2) is 0 Å². The summed E-state index contributed by atoms with van der Waals surface area (Å²) in [5.74, 6) is -0.904. The molecule has 2 aromatic rings. The molecule has 0 aliphatic carbocycles. The predicted molar refractivity (Wildman–Crippen MR) is 81.0 cm³/mol. The highest BCUT2D eigenvalue weighted by Crippen LogP contribution is 2.29. The second kappa shape index (κ2) is 5.54. The number of hydrogen-bond donors (Lipinski definition) is 1. The molecule has 2 aromatic carbocycles. The van der Waals surface area contributed by atoms with Crippen LogP contribution in [0.25, 0.3) is 0 Å². The predicted octanol–water partition coefficient (Wildman–Crippen LogP) is 4.23. The molecular formula is C15H14F2IN. The lowest BCUT2D eigenvalue weighted by atomic mass is 9.96. The van der Waals surface area contributed by atoms with Gasteiger partial charge < -0.3 is 5.73 Å². The van der Waals surface area contributed by atoms with Gasteiger partial charge in [0.15, 0.2) is 0 Å². The molecule has 0 saturated carbocycles. The van der Waals surface area contributed by atoms with E-state index in [9.17, 15) is 8.78 Å². The molecule has 1 nitrogen and oxygen atoms in total. The molecule has 0 aromatic heterocycles. The average Bonchev–Trinajstić information content (AvgIpc) is 2.36. The Morgan fingerprint density at radius 2 is 1.68 bits per heavy atom. The average molecular weight is 373 g/mol. The monoisotopic (exact) mass is 373 g/mol. The van der Waals surface area contributed by atoms with Gasteiger partial charge in [-0.15, -0.1) is 0 Å². The molecule has 0 spiro atoms. The zero-order valence-electron chi connectivity index (χ0n) is 10.7. The summed E-state index contributed by atoms with van der Waals surface area (Å²) in [5, 5.41) is 0. The lowest BCUT2D eigenvalue weighted by Gasteiger charge is -2.17. The highest BCUT2D eigenvalue weighted by molar-refractivity contribution is 14.1. The Morgan fingerprint density at radius 1 is 1.00 bits per heavy atom. The fraction of sp³-hybridized carbons (Fsp3) is 0.200. The minimum absolute atomic E-state index is 0.187. The summed E-state index contributed by atoms with van der Waals surface area (Å²) in [4.78, 5) is 0. The van der Waals surface area contributed by atoms with Crippen molar-refractivity contribution in [1.82, 2.24) is 0 Å². The van der Waals surface area contributed by atoms with Gasteiger partial charge in [0, 0.05) is 9.13 Å². The van der Waals surface area contributed by atoms with Crippen LogP contribution < -0.4 is 5.73 Å². The maximum absolute atomic E-state index is 13.9. The molecule has 19 heavy (non-hydrogen) atoms. The molecule has 0 heterocycles. The zero-order valence-corrected chi connectivity index (χ0v) is 12.8. The molecule has 1 unspecified atom stereocenters. The number of benzene rings is 2. The number of aryl methyl sites for hydroxylation is 2. The lowest BCUT2D eigenvalue weighted by molar-refractivity contribution is 0.570. The van der Waals surface area contributed by atoms with Crippen LogP contribution in [0.4, 0.5) is 8.78 Å². The Balaban J connectivity index is 2.53. The second-order valence-electron chi connectivity index (χ2n) is 4.58. The standard InChI is InChI=1S/C15H14F2IN/c1-8-4-3-5-10(14(8)18)15(19)11-7-12(16)9(2)6-13(11)17/h3-7,15H,19H2,1-2H3. The van der Waals surface area contributed by atoms with E-state index in [1.165, 1.54) is 19.1 Å². The molecule has 0 aliphatic heterocycles. The fourth-order valence-corrected chi connectivity index (χ4v) is 2.67. The molecule has 0 aliphatic rings. The maximum Gasteiger partial charge on any atom is 0.128 e. The minimum Gasteiger partial charge on any atom is -0.320 e. The van der Waals surface area contributed by atoms with Crippen molar-refractivity contribution in [3.63, 3.8) is 0 Å². The highest BCUT2D eigenvalue weighted by Gasteiger charge is 2.18. The summed E-state index contributed by atoms with van der Waals surface area (Å²) in [7, 11) is 0. The number of hydrogen-bond acceptors (Lipinski definition) is 1. The van der Waals surface area contributed by atoms with Gasteiger partial charge in [-0.2, -0.15) is 0 Å². The van der Waals surface area contributed by atoms with E-state index in [1.807, 2.05) is 25.1 Å². The van der Waals surface area contributed by atoms with Crippen molar-refractivity contribution in [3.8, 4) is 0 Å². The van der Waals surface area contributed by atoms with E-state index < -0.39 is 17.7 Å². The Hall–Kier alpha value is -1.01. The van der Waals surface area contributed by atoms with Gasteiger partial charge >= 0.3 is 0 Å². The van der Waals surface area contributed by atoms with Crippen LogP contribution in [0.15, 0.2) is 30.3 Å². The van der Waals surface area contributed by atoms with Gasteiger partial charge in [-0.05, 0) is 65.3 Å². The summed E-state index contributed by atoms with van der Waals surface area (Å²) in [6.07, 6.45) is 0. The van der Waals surface area contributed by atoms with E-state index in [2.05, 4.69) is 22.6 Å². The molecule has 2 rings (SSSR count). The summed E-state index contributed by atoms with van der Waals surface area (Å²) in [5.41, 5.74) is 8.44. The van der Waals surface area contributed by atoms with Gasteiger partial charge in [0.25, 0.3) is 0 Å². The third kappa shape index (κ3) is 2.79. The number of rotatable bonds is 2. The molecular weight excluding hydrogens is 359 g/mol. The Kier molecular flexibility index (Phi) is 4.20. The first-order valence-electron chi connectivity index (χ1n) is 5.88. The lowest BCUT2D eigenvalue weighted by Crippen LogP contribution is -2.16. The third-order valence-corrected chi connectivity index (χ3v) is 4.64. The topological polar surface area (TPSA) is 26.0 Å². The minimum atomic E-state index is -0.665. The molecule has 0 bridgehead atoms. The van der Waals surface area contributed by atoms with E-state index in [-0.39, 0.29) is 11.1 Å². The molecule has 1 atom stereocenters. The van der Waals surface area contributed by atoms with Gasteiger partial charge in [-0.1, -0.05) is 18.2 Å². The largest absolute Gasteiger partial charge is 0.320 e. The SMILES string of the molecule is Cc1cc(F)c(C(N)c2cccc(C)c2I)cc1F. The van der Waals surface area contributed by atoms with Crippen molar-refractivity contribution >= 4 is 22.6 Å². The maximum atomic E-state index is 13.9. The summed E-state index contributed by atoms with van der Waals surface area (Å²) < 4.78 is 28.5. The van der Waals surface area contributed by atoms with Crippen molar-refractivity contribution < 1.29 is 8.78 Å². The molecule has 0 radical (unpaired) electrons. The van der Waals surface area contributed by atoms with Crippen LogP contribution in [0.2, 0.25) is 0 Å². The highest BCUT2D eigenvalue weighted by atomic mass is 127. The van der Waals surface area contributed by atoms with E-state index in [0.29, 0.717) is 0 Å². The first-order valence-corrected chi connectivity index (χ1v) is 6.96. The van der Waals surface area contributed by atoms with Crippen molar-refractivity contribution in [2.45, 2.75) is 19.9 Å². The molecule has 0 saturated heterocycles. The molecule has 0 fully saturated rings. The molecule has 4 heteroatoms. The van der Waals surface area contributed by atoms with Crippen LogP contribution in [0, 0.1) is 29.1 Å². The summed E-state index contributed by atoms with van der Waals surface area (Å²) >= 11 is 2.18. The number of halogens is 3. The van der Waals surface area contributed by atoms with E-state index in [4.69, 9.17) is 5.73 Å². The summed E-state index contributed by atoms with van der Waals surface area (Å²) in [6, 6.07) is 7.39. The smallest absolute Gasteiger partial charge is 0.128 e. The number of nitrogens with two attached hydrogens (primary N) is 1. The summed E-state index contributed by atoms with van der Waals surface area (Å²) in [6.45, 7) is 3.49. The fourth-order valence-electron chi connectivity index (χ4n) is 1.98. The molecule has 0 amide bonds. The van der Waals surface area contributed by atoms with Crippen LogP contribution in [0.3, 0.4) is 0 Å². The first-order chi connectivity index (χ1) is 8.91. The van der Waals surface area contributed by atoms with Crippen molar-refractivity contribution in [3.05, 3.63) is 67.8 Å². The quantitative estimate of drug-likeness (QED) is 0.784. The van der Waals surface area contributed by atoms with Gasteiger partial charge in [0.05, 0.1) is 6.04 Å². The molecule has 2 N–H and O–H groups in total. The van der Waals surface area contributed by atoms with Crippen LogP contribution in [0.5, 0.6) is 0 Å². The van der Waals surface area contributed by atoms with Crippen molar-refractivity contribution in [2.75, 3.05) is 0 Å². The first kappa shape index (κ1) is 14.4. The van der Waals surface area contributed by atoms with Gasteiger partial charge in [-0.25, -0.2) is 8.78 Å². The van der Waals surface area contributed by atoms with E-state index >= 15 is 0 Å². The van der Waals surface area contributed by atoms with E-state index in [1.54, 1.807) is 0 Å². The van der Waals surface area contributed by atoms with E-state index in [0.717, 1.165) is 14.7 Å². The van der Waals surface area contributed by atoms with Gasteiger partial charge in [0.1, 0.15) is 11.6 Å². The Morgan fingerprint density at radius 3 is 2.37 bits per heavy atom. The van der Waals surface area contributed by atoms with Crippen LogP contribution in [0.1, 0.15) is 28.3 Å². The molecule has 100 valence electrons. The van der Waals surface area contributed by atoms with Crippen LogP contribution in [-0.2, 0) is 0 Å². The zero-order chi connectivity index (χ0) is 14.2. The Labute approximate surface area is 125 Å². The van der Waals surface area contributed by atoms with Gasteiger partial charge in [-0.3, -0.25) is 0 Å². The van der Waals surface area contributed by atoms with Crippen LogP contribution >= 0.6 is 22.6 Å².